The average molecular weight is 422 g/mol. The standard InChI is InChI=1S/C27H23N3O2/c31-24-12-11-23(15-26(32)25-17-28-16-21-9-5-13-29-27(21)25)30(18-24)22-10-4-8-20(14-22)19-6-2-1-3-7-19/h1-14,16-18,23,26,31-32H,15H2. The largest absolute Gasteiger partial charge is 0.506 e. The zero-order valence-electron chi connectivity index (χ0n) is 17.4. The average Bonchev–Trinajstić information content (AvgIpc) is 2.85. The van der Waals surface area contributed by atoms with E-state index >= 15 is 0 Å². The van der Waals surface area contributed by atoms with Gasteiger partial charge in [-0.25, -0.2) is 0 Å². The third-order valence-electron chi connectivity index (χ3n) is 5.73. The van der Waals surface area contributed by atoms with Gasteiger partial charge in [0.15, 0.2) is 0 Å². The quantitative estimate of drug-likeness (QED) is 0.441. The number of aliphatic hydroxyl groups excluding tert-OH is 2. The zero-order chi connectivity index (χ0) is 21.9. The number of aromatic nitrogens is 2. The number of fused-ring (bicyclic) bond motifs is 1. The van der Waals surface area contributed by atoms with Gasteiger partial charge in [0.1, 0.15) is 5.76 Å². The van der Waals surface area contributed by atoms with Gasteiger partial charge in [0.2, 0.25) is 0 Å². The number of hydrogen-bond donors (Lipinski definition) is 2. The Balaban J connectivity index is 1.46. The molecule has 0 saturated carbocycles. The number of nitrogens with zero attached hydrogens (tertiary/aromatic N) is 3. The first kappa shape index (κ1) is 20.0. The second-order valence-electron chi connectivity index (χ2n) is 7.86. The van der Waals surface area contributed by atoms with E-state index in [0.29, 0.717) is 12.0 Å². The fourth-order valence-corrected chi connectivity index (χ4v) is 4.14. The van der Waals surface area contributed by atoms with Crippen LogP contribution in [0, 0.1) is 0 Å². The molecule has 4 aromatic rings. The van der Waals surface area contributed by atoms with Crippen molar-refractivity contribution in [3.63, 3.8) is 0 Å². The van der Waals surface area contributed by atoms with E-state index in [9.17, 15) is 10.2 Å². The minimum absolute atomic E-state index is 0.147. The lowest BCUT2D eigenvalue weighted by Gasteiger charge is -2.32. The van der Waals surface area contributed by atoms with Crippen molar-refractivity contribution in [1.82, 2.24) is 9.97 Å². The summed E-state index contributed by atoms with van der Waals surface area (Å²) < 4.78 is 0. The van der Waals surface area contributed by atoms with Gasteiger partial charge < -0.3 is 15.1 Å². The van der Waals surface area contributed by atoms with Crippen molar-refractivity contribution in [1.29, 1.82) is 0 Å². The van der Waals surface area contributed by atoms with Crippen LogP contribution in [-0.2, 0) is 0 Å². The molecule has 5 rings (SSSR count). The topological polar surface area (TPSA) is 69.5 Å². The number of rotatable bonds is 5. The molecule has 1 aliphatic rings. The Hall–Kier alpha value is -3.96. The Morgan fingerprint density at radius 3 is 2.66 bits per heavy atom. The SMILES string of the molecule is OC1=CN(c2cccc(-c3ccccc3)c2)C(CC(O)c2cncc3cccnc23)C=C1. The fraction of sp³-hybridized carbons (Fsp3) is 0.111. The molecule has 2 unspecified atom stereocenters. The van der Waals surface area contributed by atoms with Crippen LogP contribution in [0.4, 0.5) is 5.69 Å². The summed E-state index contributed by atoms with van der Waals surface area (Å²) in [4.78, 5) is 10.7. The van der Waals surface area contributed by atoms with Gasteiger partial charge in [0.05, 0.1) is 17.7 Å². The fourth-order valence-electron chi connectivity index (χ4n) is 4.14. The third kappa shape index (κ3) is 3.98. The summed E-state index contributed by atoms with van der Waals surface area (Å²) in [6, 6.07) is 22.0. The predicted molar refractivity (Wildman–Crippen MR) is 127 cm³/mol. The predicted octanol–water partition coefficient (Wildman–Crippen LogP) is 5.56. The van der Waals surface area contributed by atoms with E-state index in [0.717, 1.165) is 27.7 Å². The van der Waals surface area contributed by atoms with Gasteiger partial charge in [0.25, 0.3) is 0 Å². The molecule has 32 heavy (non-hydrogen) atoms. The maximum atomic E-state index is 11.1. The Kier molecular flexibility index (Phi) is 5.40. The zero-order valence-corrected chi connectivity index (χ0v) is 17.4. The molecule has 0 spiro atoms. The first-order chi connectivity index (χ1) is 15.7. The number of anilines is 1. The first-order valence-corrected chi connectivity index (χ1v) is 10.6. The molecule has 2 aromatic carbocycles. The molecular weight excluding hydrogens is 398 g/mol. The molecule has 0 aliphatic carbocycles. The molecule has 158 valence electrons. The number of hydrogen-bond acceptors (Lipinski definition) is 5. The van der Waals surface area contributed by atoms with Crippen LogP contribution in [0.25, 0.3) is 22.0 Å². The highest BCUT2D eigenvalue weighted by Gasteiger charge is 2.24. The van der Waals surface area contributed by atoms with Gasteiger partial charge in [-0.1, -0.05) is 48.5 Å². The summed E-state index contributed by atoms with van der Waals surface area (Å²) >= 11 is 0. The molecule has 2 N–H and O–H groups in total. The maximum absolute atomic E-state index is 11.1. The molecule has 2 atom stereocenters. The van der Waals surface area contributed by atoms with Crippen molar-refractivity contribution in [3.8, 4) is 11.1 Å². The van der Waals surface area contributed by atoms with E-state index in [1.165, 1.54) is 0 Å². The van der Waals surface area contributed by atoms with Crippen LogP contribution in [0.2, 0.25) is 0 Å². The van der Waals surface area contributed by atoms with Crippen LogP contribution in [0.3, 0.4) is 0 Å². The molecule has 3 heterocycles. The van der Waals surface area contributed by atoms with Crippen LogP contribution in [-0.4, -0.2) is 26.2 Å². The van der Waals surface area contributed by atoms with Crippen molar-refractivity contribution in [3.05, 3.63) is 115 Å². The number of allylic oxidation sites excluding steroid dienone is 1. The Morgan fingerprint density at radius 2 is 1.78 bits per heavy atom. The molecule has 1 aliphatic heterocycles. The van der Waals surface area contributed by atoms with E-state index in [2.05, 4.69) is 34.2 Å². The molecule has 0 fully saturated rings. The van der Waals surface area contributed by atoms with Gasteiger partial charge in [-0.2, -0.15) is 0 Å². The summed E-state index contributed by atoms with van der Waals surface area (Å²) in [7, 11) is 0. The number of aliphatic hydroxyl groups is 2. The van der Waals surface area contributed by atoms with Crippen molar-refractivity contribution in [2.24, 2.45) is 0 Å². The molecule has 0 radical (unpaired) electrons. The van der Waals surface area contributed by atoms with Crippen molar-refractivity contribution < 1.29 is 10.2 Å². The monoisotopic (exact) mass is 421 g/mol. The minimum atomic E-state index is -0.760. The lowest BCUT2D eigenvalue weighted by Crippen LogP contribution is -2.33. The van der Waals surface area contributed by atoms with Crippen molar-refractivity contribution >= 4 is 16.6 Å². The van der Waals surface area contributed by atoms with E-state index in [4.69, 9.17) is 0 Å². The summed E-state index contributed by atoms with van der Waals surface area (Å²) in [6.07, 6.45) is 10.1. The van der Waals surface area contributed by atoms with Crippen LogP contribution in [0.1, 0.15) is 18.1 Å². The van der Waals surface area contributed by atoms with Crippen molar-refractivity contribution in [2.75, 3.05) is 4.90 Å². The van der Waals surface area contributed by atoms with E-state index in [1.807, 2.05) is 53.4 Å². The van der Waals surface area contributed by atoms with E-state index in [1.54, 1.807) is 30.9 Å². The Labute approximate surface area is 186 Å². The normalized spacial score (nSPS) is 16.7. The summed E-state index contributed by atoms with van der Waals surface area (Å²) in [5, 5.41) is 22.2. The lowest BCUT2D eigenvalue weighted by molar-refractivity contribution is 0.163. The van der Waals surface area contributed by atoms with Gasteiger partial charge in [-0.05, 0) is 41.5 Å². The molecule has 0 bridgehead atoms. The lowest BCUT2D eigenvalue weighted by atomic mass is 9.97. The molecule has 0 amide bonds. The molecular formula is C27H23N3O2. The van der Waals surface area contributed by atoms with Gasteiger partial charge in [-0.15, -0.1) is 0 Å². The number of benzene rings is 2. The van der Waals surface area contributed by atoms with Crippen molar-refractivity contribution in [2.45, 2.75) is 18.6 Å². The molecule has 5 nitrogen and oxygen atoms in total. The van der Waals surface area contributed by atoms with Crippen LogP contribution in [0.5, 0.6) is 0 Å². The van der Waals surface area contributed by atoms with E-state index < -0.39 is 6.10 Å². The smallest absolute Gasteiger partial charge is 0.131 e. The van der Waals surface area contributed by atoms with Gasteiger partial charge >= 0.3 is 0 Å². The third-order valence-corrected chi connectivity index (χ3v) is 5.73. The highest BCUT2D eigenvalue weighted by atomic mass is 16.3. The Bertz CT molecular complexity index is 1300. The molecule has 0 saturated heterocycles. The minimum Gasteiger partial charge on any atom is -0.506 e. The van der Waals surface area contributed by atoms with Crippen LogP contribution < -0.4 is 4.90 Å². The summed E-state index contributed by atoms with van der Waals surface area (Å²) in [5.41, 5.74) is 4.61. The maximum Gasteiger partial charge on any atom is 0.131 e. The first-order valence-electron chi connectivity index (χ1n) is 10.6. The highest BCUT2D eigenvalue weighted by molar-refractivity contribution is 5.80. The Morgan fingerprint density at radius 1 is 0.938 bits per heavy atom. The second kappa shape index (κ2) is 8.65. The van der Waals surface area contributed by atoms with Crippen LogP contribution in [0.15, 0.2) is 109 Å². The second-order valence-corrected chi connectivity index (χ2v) is 7.86. The van der Waals surface area contributed by atoms with Gasteiger partial charge in [0, 0.05) is 47.8 Å². The highest BCUT2D eigenvalue weighted by Crippen LogP contribution is 2.32. The summed E-state index contributed by atoms with van der Waals surface area (Å²) in [5.74, 6) is 0.175. The molecule has 2 aromatic heterocycles. The van der Waals surface area contributed by atoms with E-state index in [-0.39, 0.29) is 11.8 Å². The van der Waals surface area contributed by atoms with Gasteiger partial charge in [-0.3, -0.25) is 9.97 Å². The summed E-state index contributed by atoms with van der Waals surface area (Å²) in [6.45, 7) is 0. The molecule has 5 heteroatoms. The number of pyridine rings is 2. The van der Waals surface area contributed by atoms with Crippen LogP contribution >= 0.6 is 0 Å².